The number of methoxy groups -OCH3 is 1. The minimum Gasteiger partial charge on any atom is -0.492 e. The molecule has 2 aromatic rings. The number of ketones is 1. The number of aryl methyl sites for hydroxylation is 1. The fourth-order valence-electron chi connectivity index (χ4n) is 12.2. The molecule has 9 rings (SSSR count). The van der Waals surface area contributed by atoms with Crippen molar-refractivity contribution in [2.45, 2.75) is 88.9 Å². The summed E-state index contributed by atoms with van der Waals surface area (Å²) in [5.41, 5.74) is 2.07. The second-order valence-electron chi connectivity index (χ2n) is 19.0. The molecule has 15 heteroatoms. The standard InChI is InChI=1S/C50H62N2O13/c1-3-62-49(59)48-37(24-56)42-31-14-33(23-55)44(58)35(16-31)34-15-30-7-9-51-40(30)17-29(34)6-5-27(21-53)26-63-46-36-18-41(64-45(36)38(25-57)47(65-48)43(42)46)50(60)19-28(22-54)13-32-20-52(10-4-12-61-2)11-8-39(32)50/h7,15,17,24,27-28,32-33,35,39,41,53-55,57,60H,3-6,8-14,16,18-23,25-26H2,1-2H3/b42-31-/t27-,28-,32-,33+,35+,39+,41-,50+/m0/s1. The molecule has 1 saturated heterocycles. The highest BCUT2D eigenvalue weighted by molar-refractivity contribution is 6.11. The predicted octanol–water partition coefficient (Wildman–Crippen LogP) is 1.85. The maximum absolute atomic E-state index is 14.5. The van der Waals surface area contributed by atoms with Gasteiger partial charge in [-0.2, -0.15) is 0 Å². The molecule has 0 unspecified atom stereocenters. The third-order valence-corrected chi connectivity index (χ3v) is 15.3. The van der Waals surface area contributed by atoms with Gasteiger partial charge in [0.05, 0.1) is 55.0 Å². The molecule has 2 aliphatic carbocycles. The number of carbonyl (C=O) groups excluding carboxylic acids is 3. The largest absolute Gasteiger partial charge is 0.492 e. The minimum atomic E-state index is -1.39. The van der Waals surface area contributed by atoms with Crippen LogP contribution in [0.5, 0.6) is 17.2 Å². The summed E-state index contributed by atoms with van der Waals surface area (Å²) in [6.07, 6.45) is 5.70. The first-order chi connectivity index (χ1) is 31.6. The Morgan fingerprint density at radius 3 is 2.62 bits per heavy atom. The van der Waals surface area contributed by atoms with E-state index in [0.717, 1.165) is 54.2 Å². The number of ether oxygens (including phenoxy) is 5. The number of aliphatic hydroxyl groups excluding tert-OH is 4. The van der Waals surface area contributed by atoms with E-state index in [1.165, 1.54) is 0 Å². The molecule has 65 heavy (non-hydrogen) atoms. The van der Waals surface area contributed by atoms with Crippen LogP contribution in [0.4, 0.5) is 0 Å². The van der Waals surface area contributed by atoms with Crippen LogP contribution in [-0.4, -0.2) is 133 Å². The number of fused-ring (bicyclic) bond motifs is 8. The molecule has 8 atom stereocenters. The molecule has 5 aliphatic heterocycles. The Hall–Kier alpha value is -4.48. The molecule has 2 bridgehead atoms. The summed E-state index contributed by atoms with van der Waals surface area (Å²) in [5, 5.41) is 58.6. The SMILES string of the molecule is CCOC(=O)C1=C(C=O)/C2=C3\C[C@H](CO)C(=O)[C@H](C3)c3cc4c(cc3CC[C@@H](CO)COc3c5c(c(CO)c(c32)O1)O[C@H]([C@@]1(O)C[C@@H](CO)C[C@H]2CN(CCCOC)CC[C@H]21)C5)=NCC=4. The molecule has 3 fully saturated rings. The number of aldehydes is 1. The lowest BCUT2D eigenvalue weighted by atomic mass is 9.60. The molecule has 7 aliphatic rings. The molecule has 15 nitrogen and oxygen atoms in total. The number of likely N-dealkylation sites (tertiary alicyclic amines) is 1. The van der Waals surface area contributed by atoms with E-state index in [4.69, 9.17) is 23.7 Å². The van der Waals surface area contributed by atoms with E-state index in [0.29, 0.717) is 56.3 Å². The fraction of sp³-hybridized carbons (Fsp3) is 0.600. The number of benzene rings is 2. The average molecular weight is 899 g/mol. The van der Waals surface area contributed by atoms with E-state index in [2.05, 4.69) is 9.89 Å². The first-order valence-corrected chi connectivity index (χ1v) is 23.5. The number of allylic oxidation sites excluding steroid dienone is 3. The summed E-state index contributed by atoms with van der Waals surface area (Å²) in [7, 11) is 1.69. The van der Waals surface area contributed by atoms with Gasteiger partial charge in [-0.15, -0.1) is 0 Å². The van der Waals surface area contributed by atoms with Gasteiger partial charge in [0.25, 0.3) is 0 Å². The summed E-state index contributed by atoms with van der Waals surface area (Å²) in [6.45, 7) is 3.81. The van der Waals surface area contributed by atoms with Crippen LogP contribution in [0.2, 0.25) is 0 Å². The van der Waals surface area contributed by atoms with Gasteiger partial charge >= 0.3 is 5.97 Å². The Morgan fingerprint density at radius 2 is 1.88 bits per heavy atom. The molecule has 0 aromatic heterocycles. The maximum Gasteiger partial charge on any atom is 0.375 e. The molecular formula is C50H62N2O13. The van der Waals surface area contributed by atoms with Crippen LogP contribution in [-0.2, 0) is 43.3 Å². The Labute approximate surface area is 378 Å². The monoisotopic (exact) mass is 898 g/mol. The van der Waals surface area contributed by atoms with Crippen molar-refractivity contribution in [2.24, 2.45) is 34.6 Å². The highest BCUT2D eigenvalue weighted by atomic mass is 16.6. The average Bonchev–Trinajstić information content (AvgIpc) is 3.98. The Kier molecular flexibility index (Phi) is 13.4. The number of hydrogen-bond donors (Lipinski definition) is 5. The van der Waals surface area contributed by atoms with E-state index >= 15 is 0 Å². The van der Waals surface area contributed by atoms with Crippen LogP contribution in [0, 0.1) is 29.6 Å². The van der Waals surface area contributed by atoms with Gasteiger partial charge in [0.2, 0.25) is 5.76 Å². The smallest absolute Gasteiger partial charge is 0.375 e. The summed E-state index contributed by atoms with van der Waals surface area (Å²) >= 11 is 0. The van der Waals surface area contributed by atoms with Crippen LogP contribution in [0.15, 0.2) is 34.0 Å². The summed E-state index contributed by atoms with van der Waals surface area (Å²) < 4.78 is 31.1. The van der Waals surface area contributed by atoms with Gasteiger partial charge in [-0.05, 0) is 111 Å². The van der Waals surface area contributed by atoms with Crippen molar-refractivity contribution in [1.29, 1.82) is 0 Å². The van der Waals surface area contributed by atoms with Gasteiger partial charge in [0.1, 0.15) is 34.7 Å². The van der Waals surface area contributed by atoms with Gasteiger partial charge in [0.15, 0.2) is 6.29 Å². The number of aliphatic hydroxyl groups is 5. The fourth-order valence-corrected chi connectivity index (χ4v) is 12.2. The highest BCUT2D eigenvalue weighted by Crippen LogP contribution is 2.59. The molecule has 5 heterocycles. The third-order valence-electron chi connectivity index (χ3n) is 15.3. The maximum atomic E-state index is 14.5. The van der Waals surface area contributed by atoms with E-state index in [9.17, 15) is 39.9 Å². The molecule has 5 N–H and O–H groups in total. The zero-order chi connectivity index (χ0) is 45.6. The first-order valence-electron chi connectivity index (χ1n) is 23.5. The molecule has 2 saturated carbocycles. The second kappa shape index (κ2) is 19.0. The number of nitrogens with zero attached hydrogens (tertiary/aromatic N) is 2. The molecule has 0 spiro atoms. The van der Waals surface area contributed by atoms with E-state index in [1.54, 1.807) is 14.0 Å². The van der Waals surface area contributed by atoms with Crippen molar-refractivity contribution in [1.82, 2.24) is 4.90 Å². The molecule has 0 amide bonds. The number of piperidine rings is 1. The highest BCUT2D eigenvalue weighted by Gasteiger charge is 2.57. The molecule has 350 valence electrons. The van der Waals surface area contributed by atoms with Gasteiger partial charge in [0, 0.05) is 75.3 Å². The van der Waals surface area contributed by atoms with Crippen molar-refractivity contribution in [3.8, 4) is 17.2 Å². The van der Waals surface area contributed by atoms with Crippen molar-refractivity contribution >= 4 is 29.7 Å². The van der Waals surface area contributed by atoms with E-state index in [1.807, 2.05) is 18.2 Å². The lowest BCUT2D eigenvalue weighted by Gasteiger charge is -2.53. The van der Waals surface area contributed by atoms with Gasteiger partial charge in [-0.25, -0.2) is 4.79 Å². The van der Waals surface area contributed by atoms with Crippen molar-refractivity contribution in [3.05, 3.63) is 67.4 Å². The van der Waals surface area contributed by atoms with Crippen LogP contribution >= 0.6 is 0 Å². The third kappa shape index (κ3) is 8.14. The van der Waals surface area contributed by atoms with Gasteiger partial charge in [-0.1, -0.05) is 11.6 Å². The number of Topliss-reactive ketones (excluding diaryl/α,β-unsaturated/α-hetero) is 1. The summed E-state index contributed by atoms with van der Waals surface area (Å²) in [4.78, 5) is 49.0. The van der Waals surface area contributed by atoms with Crippen molar-refractivity contribution < 1.29 is 63.6 Å². The topological polar surface area (TPSA) is 214 Å². The van der Waals surface area contributed by atoms with E-state index in [-0.39, 0.29) is 109 Å². The lowest BCUT2D eigenvalue weighted by Crippen LogP contribution is -2.61. The van der Waals surface area contributed by atoms with Crippen LogP contribution in [0.25, 0.3) is 11.6 Å². The van der Waals surface area contributed by atoms with Crippen LogP contribution in [0.3, 0.4) is 0 Å². The van der Waals surface area contributed by atoms with Crippen LogP contribution < -0.4 is 24.8 Å². The summed E-state index contributed by atoms with van der Waals surface area (Å²) in [6, 6.07) is 4.01. The van der Waals surface area contributed by atoms with Gasteiger partial charge < -0.3 is 54.1 Å². The second-order valence-corrected chi connectivity index (χ2v) is 19.0. The first kappa shape index (κ1) is 45.7. The van der Waals surface area contributed by atoms with Crippen LogP contribution in [0.1, 0.15) is 85.6 Å². The minimum absolute atomic E-state index is 0.0167. The quantitative estimate of drug-likeness (QED) is 0.117. The molecular weight excluding hydrogens is 837 g/mol. The van der Waals surface area contributed by atoms with Gasteiger partial charge in [-0.3, -0.25) is 14.6 Å². The predicted molar refractivity (Wildman–Crippen MR) is 236 cm³/mol. The zero-order valence-corrected chi connectivity index (χ0v) is 37.4. The Bertz CT molecular complexity index is 2410. The Balaban J connectivity index is 1.23. The molecule has 0 radical (unpaired) electrons. The zero-order valence-electron chi connectivity index (χ0n) is 37.4. The number of rotatable bonds is 12. The van der Waals surface area contributed by atoms with Crippen molar-refractivity contribution in [2.75, 3.05) is 72.9 Å². The van der Waals surface area contributed by atoms with E-state index < -0.39 is 54.4 Å². The lowest BCUT2D eigenvalue weighted by molar-refractivity contribution is -0.167. The normalized spacial score (nSPS) is 30.6. The Morgan fingerprint density at radius 1 is 1.05 bits per heavy atom. The number of hydrogen-bond acceptors (Lipinski definition) is 15. The van der Waals surface area contributed by atoms with Crippen molar-refractivity contribution in [3.63, 3.8) is 0 Å². The number of esters is 1. The summed E-state index contributed by atoms with van der Waals surface area (Å²) in [5.74, 6) is -3.18. The molecule has 2 aromatic carbocycles. The number of carbonyl (C=O) groups is 3.